The molecule has 7 heteroatoms. The maximum absolute atomic E-state index is 12.3. The standard InChI is InChI=1S/C14H23BrN2O3S/c1-3-4-6-20-7-5-17-21(18,19)14-9-12(10-16)8-13(15)11(14)2/h8-9,17H,3-7,10,16H2,1-2H3. The Balaban J connectivity index is 2.72. The van der Waals surface area contributed by atoms with Gasteiger partial charge in [0.05, 0.1) is 11.5 Å². The molecular weight excluding hydrogens is 356 g/mol. The monoisotopic (exact) mass is 378 g/mol. The predicted molar refractivity (Wildman–Crippen MR) is 87.7 cm³/mol. The van der Waals surface area contributed by atoms with Crippen LogP contribution in [0.4, 0.5) is 0 Å². The molecule has 0 aliphatic rings. The van der Waals surface area contributed by atoms with Gasteiger partial charge >= 0.3 is 0 Å². The average Bonchev–Trinajstić information content (AvgIpc) is 2.45. The number of ether oxygens (including phenoxy) is 1. The molecule has 3 N–H and O–H groups in total. The van der Waals surface area contributed by atoms with E-state index in [2.05, 4.69) is 27.6 Å². The normalized spacial score (nSPS) is 11.8. The summed E-state index contributed by atoms with van der Waals surface area (Å²) >= 11 is 3.37. The Labute approximate surface area is 135 Å². The quantitative estimate of drug-likeness (QED) is 0.646. The van der Waals surface area contributed by atoms with Crippen LogP contribution in [0.25, 0.3) is 0 Å². The van der Waals surface area contributed by atoms with E-state index < -0.39 is 10.0 Å². The molecule has 0 aliphatic carbocycles. The smallest absolute Gasteiger partial charge is 0.240 e. The lowest BCUT2D eigenvalue weighted by molar-refractivity contribution is 0.136. The molecule has 0 aliphatic heterocycles. The molecule has 0 saturated carbocycles. The molecule has 0 saturated heterocycles. The molecule has 0 fully saturated rings. The molecule has 21 heavy (non-hydrogen) atoms. The average molecular weight is 379 g/mol. The van der Waals surface area contributed by atoms with E-state index in [0.29, 0.717) is 25.3 Å². The van der Waals surface area contributed by atoms with Crippen LogP contribution < -0.4 is 10.5 Å². The summed E-state index contributed by atoms with van der Waals surface area (Å²) < 4.78 is 33.3. The zero-order valence-corrected chi connectivity index (χ0v) is 14.9. The topological polar surface area (TPSA) is 81.4 Å². The SMILES string of the molecule is CCCCOCCNS(=O)(=O)c1cc(CN)cc(Br)c1C. The molecule has 0 unspecified atom stereocenters. The van der Waals surface area contributed by atoms with Gasteiger partial charge in [-0.15, -0.1) is 0 Å². The highest BCUT2D eigenvalue weighted by Gasteiger charge is 2.18. The number of rotatable bonds is 9. The highest BCUT2D eigenvalue weighted by Crippen LogP contribution is 2.25. The van der Waals surface area contributed by atoms with E-state index in [-0.39, 0.29) is 11.4 Å². The first-order chi connectivity index (χ1) is 9.92. The van der Waals surface area contributed by atoms with Crippen molar-refractivity contribution in [3.8, 4) is 0 Å². The number of nitrogens with two attached hydrogens (primary N) is 1. The lowest BCUT2D eigenvalue weighted by Crippen LogP contribution is -2.28. The maximum Gasteiger partial charge on any atom is 0.240 e. The van der Waals surface area contributed by atoms with Crippen LogP contribution in [-0.4, -0.2) is 28.2 Å². The van der Waals surface area contributed by atoms with Crippen molar-refractivity contribution >= 4 is 26.0 Å². The van der Waals surface area contributed by atoms with Crippen molar-refractivity contribution in [2.45, 2.75) is 38.1 Å². The second-order valence-corrected chi connectivity index (χ2v) is 7.36. The summed E-state index contributed by atoms with van der Waals surface area (Å²) in [6.45, 7) is 5.42. The summed E-state index contributed by atoms with van der Waals surface area (Å²) in [5.74, 6) is 0. The van der Waals surface area contributed by atoms with Gasteiger partial charge in [-0.3, -0.25) is 0 Å². The Morgan fingerprint density at radius 3 is 2.67 bits per heavy atom. The van der Waals surface area contributed by atoms with Crippen molar-refractivity contribution in [3.63, 3.8) is 0 Å². The first-order valence-electron chi connectivity index (χ1n) is 6.99. The van der Waals surface area contributed by atoms with Crippen molar-refractivity contribution in [1.29, 1.82) is 0 Å². The summed E-state index contributed by atoms with van der Waals surface area (Å²) in [7, 11) is -3.55. The Hall–Kier alpha value is -0.470. The molecule has 1 aromatic rings. The van der Waals surface area contributed by atoms with Crippen molar-refractivity contribution in [3.05, 3.63) is 27.7 Å². The molecule has 0 radical (unpaired) electrons. The van der Waals surface area contributed by atoms with Gasteiger partial charge in [-0.25, -0.2) is 13.1 Å². The predicted octanol–water partition coefficient (Wildman–Crippen LogP) is 2.31. The third-order valence-electron chi connectivity index (χ3n) is 3.06. The molecule has 0 heterocycles. The van der Waals surface area contributed by atoms with Gasteiger partial charge in [0, 0.05) is 24.2 Å². The Morgan fingerprint density at radius 2 is 2.05 bits per heavy atom. The van der Waals surface area contributed by atoms with Gasteiger partial charge in [0.25, 0.3) is 0 Å². The van der Waals surface area contributed by atoms with E-state index in [4.69, 9.17) is 10.5 Å². The highest BCUT2D eigenvalue weighted by atomic mass is 79.9. The number of sulfonamides is 1. The van der Waals surface area contributed by atoms with Crippen molar-refractivity contribution in [2.24, 2.45) is 5.73 Å². The number of halogens is 1. The minimum absolute atomic E-state index is 0.255. The first kappa shape index (κ1) is 18.6. The summed E-state index contributed by atoms with van der Waals surface area (Å²) in [6, 6.07) is 3.45. The fourth-order valence-electron chi connectivity index (χ4n) is 1.78. The largest absolute Gasteiger partial charge is 0.380 e. The second kappa shape index (κ2) is 8.85. The maximum atomic E-state index is 12.3. The molecular formula is C14H23BrN2O3S. The fraction of sp³-hybridized carbons (Fsp3) is 0.571. The summed E-state index contributed by atoms with van der Waals surface area (Å²) in [5, 5.41) is 0. The van der Waals surface area contributed by atoms with E-state index in [1.165, 1.54) is 0 Å². The summed E-state index contributed by atoms with van der Waals surface area (Å²) in [4.78, 5) is 0.255. The lowest BCUT2D eigenvalue weighted by atomic mass is 10.1. The number of hydrogen-bond donors (Lipinski definition) is 2. The van der Waals surface area contributed by atoms with Gasteiger partial charge in [-0.1, -0.05) is 29.3 Å². The van der Waals surface area contributed by atoms with Gasteiger partial charge < -0.3 is 10.5 Å². The van der Waals surface area contributed by atoms with Crippen LogP contribution in [0.15, 0.2) is 21.5 Å². The van der Waals surface area contributed by atoms with Crippen LogP contribution in [0.2, 0.25) is 0 Å². The second-order valence-electron chi connectivity index (χ2n) is 4.77. The van der Waals surface area contributed by atoms with Crippen molar-refractivity contribution < 1.29 is 13.2 Å². The Morgan fingerprint density at radius 1 is 1.33 bits per heavy atom. The van der Waals surface area contributed by atoms with Crippen LogP contribution >= 0.6 is 15.9 Å². The number of hydrogen-bond acceptors (Lipinski definition) is 4. The van der Waals surface area contributed by atoms with Crippen LogP contribution in [0.3, 0.4) is 0 Å². The summed E-state index contributed by atoms with van der Waals surface area (Å²) in [5.41, 5.74) is 7.04. The molecule has 120 valence electrons. The molecule has 0 bridgehead atoms. The van der Waals surface area contributed by atoms with Crippen LogP contribution in [0.5, 0.6) is 0 Å². The van der Waals surface area contributed by atoms with E-state index in [1.54, 1.807) is 13.0 Å². The van der Waals surface area contributed by atoms with Gasteiger partial charge in [0.15, 0.2) is 0 Å². The van der Waals surface area contributed by atoms with E-state index in [0.717, 1.165) is 22.9 Å². The Kier molecular flexibility index (Phi) is 7.83. The van der Waals surface area contributed by atoms with Crippen LogP contribution in [0.1, 0.15) is 30.9 Å². The number of benzene rings is 1. The van der Waals surface area contributed by atoms with E-state index in [1.807, 2.05) is 6.07 Å². The summed E-state index contributed by atoms with van der Waals surface area (Å²) in [6.07, 6.45) is 2.04. The molecule has 1 aromatic carbocycles. The molecule has 0 amide bonds. The molecule has 5 nitrogen and oxygen atoms in total. The molecule has 0 atom stereocenters. The fourth-order valence-corrected chi connectivity index (χ4v) is 3.74. The third-order valence-corrected chi connectivity index (χ3v) is 5.47. The van der Waals surface area contributed by atoms with Crippen molar-refractivity contribution in [1.82, 2.24) is 4.72 Å². The zero-order valence-electron chi connectivity index (χ0n) is 12.5. The number of nitrogens with one attached hydrogen (secondary N) is 1. The highest BCUT2D eigenvalue weighted by molar-refractivity contribution is 9.10. The van der Waals surface area contributed by atoms with Gasteiger partial charge in [0.2, 0.25) is 10.0 Å². The molecule has 1 rings (SSSR count). The van der Waals surface area contributed by atoms with Gasteiger partial charge in [-0.2, -0.15) is 0 Å². The Bertz CT molecular complexity index is 562. The van der Waals surface area contributed by atoms with Crippen LogP contribution in [-0.2, 0) is 21.3 Å². The third kappa shape index (κ3) is 5.67. The van der Waals surface area contributed by atoms with Gasteiger partial charge in [-0.05, 0) is 36.6 Å². The van der Waals surface area contributed by atoms with E-state index in [9.17, 15) is 8.42 Å². The minimum atomic E-state index is -3.55. The zero-order chi connectivity index (χ0) is 15.9. The molecule has 0 aromatic heterocycles. The first-order valence-corrected chi connectivity index (χ1v) is 9.26. The van der Waals surface area contributed by atoms with Crippen LogP contribution in [0, 0.1) is 6.92 Å². The lowest BCUT2D eigenvalue weighted by Gasteiger charge is -2.12. The van der Waals surface area contributed by atoms with E-state index >= 15 is 0 Å². The van der Waals surface area contributed by atoms with Crippen molar-refractivity contribution in [2.75, 3.05) is 19.8 Å². The number of unbranched alkanes of at least 4 members (excludes halogenated alkanes) is 1. The molecule has 0 spiro atoms. The van der Waals surface area contributed by atoms with Gasteiger partial charge in [0.1, 0.15) is 0 Å². The minimum Gasteiger partial charge on any atom is -0.380 e.